The quantitative estimate of drug-likeness (QED) is 0.845. The van der Waals surface area contributed by atoms with Crippen LogP contribution in [0.4, 0.5) is 11.8 Å². The summed E-state index contributed by atoms with van der Waals surface area (Å²) in [5.74, 6) is 1.34. The monoisotopic (exact) mass is 259 g/mol. The normalized spacial score (nSPS) is 10.7. The first-order valence-electron chi connectivity index (χ1n) is 6.19. The van der Waals surface area contributed by atoms with Crippen LogP contribution < -0.4 is 10.2 Å². The number of aromatic nitrogens is 4. The Bertz CT molecular complexity index is 596. The van der Waals surface area contributed by atoms with E-state index in [9.17, 15) is 0 Å². The van der Waals surface area contributed by atoms with E-state index in [2.05, 4.69) is 50.3 Å². The van der Waals surface area contributed by atoms with Gasteiger partial charge in [-0.3, -0.25) is 5.10 Å². The van der Waals surface area contributed by atoms with Crippen molar-refractivity contribution in [3.05, 3.63) is 6.20 Å². The second kappa shape index (κ2) is 5.52. The van der Waals surface area contributed by atoms with Gasteiger partial charge in [0, 0.05) is 19.6 Å². The first-order chi connectivity index (χ1) is 9.17. The van der Waals surface area contributed by atoms with Gasteiger partial charge >= 0.3 is 0 Å². The van der Waals surface area contributed by atoms with E-state index in [1.54, 1.807) is 13.2 Å². The second-order valence-corrected chi connectivity index (χ2v) is 4.45. The molecule has 7 heteroatoms. The van der Waals surface area contributed by atoms with Crippen LogP contribution in [0.3, 0.4) is 0 Å². The van der Waals surface area contributed by atoms with Crippen molar-refractivity contribution in [2.45, 2.75) is 26.3 Å². The molecule has 0 unspecified atom stereocenters. The number of nitrogens with zero attached hydrogens (tertiary/aromatic N) is 5. The molecule has 0 aliphatic heterocycles. The van der Waals surface area contributed by atoms with Gasteiger partial charge < -0.3 is 10.2 Å². The number of anilines is 2. The van der Waals surface area contributed by atoms with Crippen LogP contribution in [0.1, 0.15) is 20.3 Å². The maximum atomic E-state index is 8.78. The molecule has 0 saturated heterocycles. The van der Waals surface area contributed by atoms with Crippen LogP contribution in [0, 0.1) is 11.3 Å². The Kier molecular flexibility index (Phi) is 3.80. The van der Waals surface area contributed by atoms with Gasteiger partial charge in [0.2, 0.25) is 5.95 Å². The summed E-state index contributed by atoms with van der Waals surface area (Å²) < 4.78 is 0. The summed E-state index contributed by atoms with van der Waals surface area (Å²) in [6.07, 6.45) is 2.17. The van der Waals surface area contributed by atoms with Crippen molar-refractivity contribution < 1.29 is 0 Å². The van der Waals surface area contributed by atoms with Crippen LogP contribution in [0.5, 0.6) is 0 Å². The smallest absolute Gasteiger partial charge is 0.226 e. The minimum absolute atomic E-state index is 0.242. The number of nitrogens with one attached hydrogen (secondary N) is 2. The van der Waals surface area contributed by atoms with E-state index in [1.165, 1.54) is 0 Å². The molecule has 2 rings (SSSR count). The summed E-state index contributed by atoms with van der Waals surface area (Å²) in [4.78, 5) is 10.9. The predicted octanol–water partition coefficient (Wildman–Crippen LogP) is 1.52. The van der Waals surface area contributed by atoms with Crippen molar-refractivity contribution in [1.82, 2.24) is 20.2 Å². The highest BCUT2D eigenvalue weighted by Crippen LogP contribution is 2.25. The van der Waals surface area contributed by atoms with E-state index < -0.39 is 0 Å². The third-order valence-electron chi connectivity index (χ3n) is 2.87. The van der Waals surface area contributed by atoms with E-state index in [0.29, 0.717) is 24.6 Å². The lowest BCUT2D eigenvalue weighted by Crippen LogP contribution is -2.32. The van der Waals surface area contributed by atoms with Crippen LogP contribution >= 0.6 is 0 Å². The van der Waals surface area contributed by atoms with Gasteiger partial charge in [-0.2, -0.15) is 20.3 Å². The van der Waals surface area contributed by atoms with Gasteiger partial charge in [-0.1, -0.05) is 0 Å². The number of nitriles is 1. The largest absolute Gasteiger partial charge is 0.357 e. The predicted molar refractivity (Wildman–Crippen MR) is 73.9 cm³/mol. The van der Waals surface area contributed by atoms with E-state index in [-0.39, 0.29) is 6.04 Å². The van der Waals surface area contributed by atoms with Crippen LogP contribution in [0.15, 0.2) is 6.20 Å². The summed E-state index contributed by atoms with van der Waals surface area (Å²) in [5, 5.41) is 19.4. The highest BCUT2D eigenvalue weighted by Gasteiger charge is 2.17. The van der Waals surface area contributed by atoms with Crippen LogP contribution in [0.25, 0.3) is 11.0 Å². The molecule has 0 saturated carbocycles. The lowest BCUT2D eigenvalue weighted by Gasteiger charge is -2.27. The SMILES string of the molecule is CNc1nc(N(CCC#N)C(C)C)c2cn[nH]c2n1. The van der Waals surface area contributed by atoms with Crippen LogP contribution in [0.2, 0.25) is 0 Å². The molecule has 2 heterocycles. The lowest BCUT2D eigenvalue weighted by atomic mass is 10.2. The molecule has 0 fully saturated rings. The standard InChI is InChI=1S/C12H17N7/c1-8(2)19(6-4-5-13)11-9-7-15-18-10(9)16-12(14-3)17-11/h7-8H,4,6H2,1-3H3,(H2,14,15,16,17,18). The summed E-state index contributed by atoms with van der Waals surface area (Å²) in [6.45, 7) is 4.78. The molecule has 0 atom stereocenters. The Labute approximate surface area is 111 Å². The highest BCUT2D eigenvalue weighted by molar-refractivity contribution is 5.87. The van der Waals surface area contributed by atoms with Crippen molar-refractivity contribution in [3.8, 4) is 6.07 Å². The molecule has 0 aliphatic carbocycles. The van der Waals surface area contributed by atoms with Crippen molar-refractivity contribution >= 4 is 22.8 Å². The first-order valence-corrected chi connectivity index (χ1v) is 6.19. The maximum absolute atomic E-state index is 8.78. The molecule has 2 aromatic heterocycles. The fourth-order valence-electron chi connectivity index (χ4n) is 1.93. The molecule has 100 valence electrons. The number of H-pyrrole nitrogens is 1. The van der Waals surface area contributed by atoms with E-state index in [4.69, 9.17) is 5.26 Å². The van der Waals surface area contributed by atoms with Gasteiger partial charge in [-0.05, 0) is 13.8 Å². The number of hydrogen-bond donors (Lipinski definition) is 2. The van der Waals surface area contributed by atoms with E-state index >= 15 is 0 Å². The fraction of sp³-hybridized carbons (Fsp3) is 0.500. The zero-order chi connectivity index (χ0) is 13.8. The Hall–Kier alpha value is -2.36. The summed E-state index contributed by atoms with van der Waals surface area (Å²) in [5.41, 5.74) is 0.692. The fourth-order valence-corrected chi connectivity index (χ4v) is 1.93. The van der Waals surface area contributed by atoms with Crippen LogP contribution in [-0.2, 0) is 0 Å². The molecular formula is C12H17N7. The van der Waals surface area contributed by atoms with Gasteiger partial charge in [-0.15, -0.1) is 0 Å². The van der Waals surface area contributed by atoms with Crippen molar-refractivity contribution in [3.63, 3.8) is 0 Å². The third-order valence-corrected chi connectivity index (χ3v) is 2.87. The highest BCUT2D eigenvalue weighted by atomic mass is 15.3. The molecule has 0 radical (unpaired) electrons. The maximum Gasteiger partial charge on any atom is 0.226 e. The molecule has 0 aliphatic rings. The molecule has 0 bridgehead atoms. The van der Waals surface area contributed by atoms with E-state index in [0.717, 1.165) is 11.2 Å². The molecule has 7 nitrogen and oxygen atoms in total. The Morgan fingerprint density at radius 2 is 2.26 bits per heavy atom. The zero-order valence-electron chi connectivity index (χ0n) is 11.3. The van der Waals surface area contributed by atoms with Gasteiger partial charge in [0.25, 0.3) is 0 Å². The summed E-state index contributed by atoms with van der Waals surface area (Å²) in [6, 6.07) is 2.41. The molecule has 19 heavy (non-hydrogen) atoms. The molecule has 2 N–H and O–H groups in total. The molecular weight excluding hydrogens is 242 g/mol. The summed E-state index contributed by atoms with van der Waals surface area (Å²) >= 11 is 0. The average molecular weight is 259 g/mol. The zero-order valence-corrected chi connectivity index (χ0v) is 11.3. The molecule has 0 amide bonds. The van der Waals surface area contributed by atoms with Gasteiger partial charge in [0.05, 0.1) is 24.1 Å². The van der Waals surface area contributed by atoms with Crippen molar-refractivity contribution in [2.24, 2.45) is 0 Å². The number of rotatable bonds is 5. The number of fused-ring (bicyclic) bond motifs is 1. The molecule has 0 spiro atoms. The lowest BCUT2D eigenvalue weighted by molar-refractivity contribution is 0.679. The molecule has 2 aromatic rings. The number of hydrogen-bond acceptors (Lipinski definition) is 6. The average Bonchev–Trinajstić information content (AvgIpc) is 2.86. The summed E-state index contributed by atoms with van der Waals surface area (Å²) in [7, 11) is 1.77. The topological polar surface area (TPSA) is 93.5 Å². The number of aromatic amines is 1. The third kappa shape index (κ3) is 2.57. The van der Waals surface area contributed by atoms with Gasteiger partial charge in [0.1, 0.15) is 5.82 Å². The van der Waals surface area contributed by atoms with Crippen LogP contribution in [-0.4, -0.2) is 39.8 Å². The minimum atomic E-state index is 0.242. The van der Waals surface area contributed by atoms with E-state index in [1.807, 2.05) is 0 Å². The Morgan fingerprint density at radius 3 is 2.89 bits per heavy atom. The second-order valence-electron chi connectivity index (χ2n) is 4.45. The van der Waals surface area contributed by atoms with Crippen molar-refractivity contribution in [2.75, 3.05) is 23.8 Å². The minimum Gasteiger partial charge on any atom is -0.357 e. The molecule has 0 aromatic carbocycles. The van der Waals surface area contributed by atoms with Gasteiger partial charge in [0.15, 0.2) is 5.65 Å². The Balaban J connectivity index is 2.51. The van der Waals surface area contributed by atoms with Gasteiger partial charge in [-0.25, -0.2) is 0 Å². The Morgan fingerprint density at radius 1 is 1.47 bits per heavy atom. The van der Waals surface area contributed by atoms with Crippen molar-refractivity contribution in [1.29, 1.82) is 5.26 Å². The first kappa shape index (κ1) is 13.1.